The minimum atomic E-state index is -3.81. The molecule has 20 heavy (non-hydrogen) atoms. The zero-order valence-electron chi connectivity index (χ0n) is 10.5. The van der Waals surface area contributed by atoms with Crippen LogP contribution in [0.15, 0.2) is 59.5 Å². The van der Waals surface area contributed by atoms with Crippen molar-refractivity contribution in [3.05, 3.63) is 66.0 Å². The van der Waals surface area contributed by atoms with Gasteiger partial charge in [0.1, 0.15) is 5.82 Å². The van der Waals surface area contributed by atoms with E-state index >= 15 is 0 Å². The zero-order chi connectivity index (χ0) is 14.6. The quantitative estimate of drug-likeness (QED) is 0.884. The molecule has 2 aromatic carbocycles. The van der Waals surface area contributed by atoms with Crippen LogP contribution < -0.4 is 4.72 Å². The topological polar surface area (TPSA) is 66.4 Å². The molecule has 2 rings (SSSR count). The molecule has 0 aliphatic carbocycles. The van der Waals surface area contributed by atoms with Crippen molar-refractivity contribution in [3.63, 3.8) is 0 Å². The van der Waals surface area contributed by atoms with Crippen molar-refractivity contribution in [2.24, 2.45) is 0 Å². The highest BCUT2D eigenvalue weighted by Crippen LogP contribution is 2.17. The summed E-state index contributed by atoms with van der Waals surface area (Å²) in [5.41, 5.74) is 0.653. The van der Waals surface area contributed by atoms with Gasteiger partial charge < -0.3 is 5.11 Å². The van der Waals surface area contributed by atoms with Crippen molar-refractivity contribution in [2.75, 3.05) is 6.61 Å². The fraction of sp³-hybridized carbons (Fsp3) is 0.143. The lowest BCUT2D eigenvalue weighted by molar-refractivity contribution is 0.259. The van der Waals surface area contributed by atoms with E-state index in [1.54, 1.807) is 30.3 Å². The SMILES string of the molecule is O=S(=O)(N[C@H](CO)c1ccccc1)c1ccc(F)cc1. The molecule has 0 saturated heterocycles. The monoisotopic (exact) mass is 295 g/mol. The lowest BCUT2D eigenvalue weighted by atomic mass is 10.1. The Kier molecular flexibility index (Phi) is 4.49. The van der Waals surface area contributed by atoms with Gasteiger partial charge in [-0.1, -0.05) is 30.3 Å². The molecule has 0 amide bonds. The van der Waals surface area contributed by atoms with E-state index in [2.05, 4.69) is 4.72 Å². The third kappa shape index (κ3) is 3.41. The van der Waals surface area contributed by atoms with E-state index < -0.39 is 21.9 Å². The summed E-state index contributed by atoms with van der Waals surface area (Å²) in [6.07, 6.45) is 0. The highest BCUT2D eigenvalue weighted by Gasteiger charge is 2.20. The predicted molar refractivity (Wildman–Crippen MR) is 73.0 cm³/mol. The average molecular weight is 295 g/mol. The molecule has 0 spiro atoms. The number of sulfonamides is 1. The van der Waals surface area contributed by atoms with E-state index in [-0.39, 0.29) is 11.5 Å². The summed E-state index contributed by atoms with van der Waals surface area (Å²) in [4.78, 5) is -0.0479. The molecule has 0 aromatic heterocycles. The predicted octanol–water partition coefficient (Wildman–Crippen LogP) is 1.84. The van der Waals surface area contributed by atoms with Crippen LogP contribution >= 0.6 is 0 Å². The van der Waals surface area contributed by atoms with Crippen LogP contribution in [0.2, 0.25) is 0 Å². The number of aliphatic hydroxyl groups excluding tert-OH is 1. The van der Waals surface area contributed by atoms with Crippen LogP contribution in [0.4, 0.5) is 4.39 Å². The van der Waals surface area contributed by atoms with E-state index in [1.807, 2.05) is 0 Å². The largest absolute Gasteiger partial charge is 0.394 e. The highest BCUT2D eigenvalue weighted by molar-refractivity contribution is 7.89. The van der Waals surface area contributed by atoms with E-state index in [4.69, 9.17) is 0 Å². The standard InChI is InChI=1S/C14H14FNO3S/c15-12-6-8-13(9-7-12)20(18,19)16-14(10-17)11-4-2-1-3-5-11/h1-9,14,16-17H,10H2/t14-/m1/s1. The van der Waals surface area contributed by atoms with Gasteiger partial charge in [0, 0.05) is 0 Å². The van der Waals surface area contributed by atoms with E-state index in [0.717, 1.165) is 12.1 Å². The number of rotatable bonds is 5. The molecule has 4 nitrogen and oxygen atoms in total. The second-order valence-corrected chi connectivity index (χ2v) is 5.94. The van der Waals surface area contributed by atoms with Crippen LogP contribution in [0.25, 0.3) is 0 Å². The zero-order valence-corrected chi connectivity index (χ0v) is 11.3. The average Bonchev–Trinajstić information content (AvgIpc) is 2.46. The summed E-state index contributed by atoms with van der Waals surface area (Å²) in [5, 5.41) is 9.35. The Morgan fingerprint density at radius 3 is 2.20 bits per heavy atom. The van der Waals surface area contributed by atoms with Gasteiger partial charge in [-0.2, -0.15) is 0 Å². The molecule has 6 heteroatoms. The van der Waals surface area contributed by atoms with Crippen molar-refractivity contribution in [1.29, 1.82) is 0 Å². The molecule has 0 bridgehead atoms. The first kappa shape index (κ1) is 14.6. The maximum atomic E-state index is 12.8. The number of aliphatic hydroxyl groups is 1. The Morgan fingerprint density at radius 2 is 1.65 bits per heavy atom. The van der Waals surface area contributed by atoms with Gasteiger partial charge in [-0.05, 0) is 29.8 Å². The number of nitrogens with one attached hydrogen (secondary N) is 1. The van der Waals surface area contributed by atoms with Gasteiger partial charge in [0.05, 0.1) is 17.5 Å². The lowest BCUT2D eigenvalue weighted by Crippen LogP contribution is -2.30. The third-order valence-corrected chi connectivity index (χ3v) is 4.29. The van der Waals surface area contributed by atoms with Crippen molar-refractivity contribution in [3.8, 4) is 0 Å². The van der Waals surface area contributed by atoms with E-state index in [0.29, 0.717) is 5.56 Å². The summed E-state index contributed by atoms with van der Waals surface area (Å²) in [6.45, 7) is -0.371. The van der Waals surface area contributed by atoms with Crippen molar-refractivity contribution >= 4 is 10.0 Å². The van der Waals surface area contributed by atoms with Gasteiger partial charge in [0.15, 0.2) is 0 Å². The van der Waals surface area contributed by atoms with E-state index in [9.17, 15) is 17.9 Å². The van der Waals surface area contributed by atoms with Gasteiger partial charge >= 0.3 is 0 Å². The first-order valence-corrected chi connectivity index (χ1v) is 7.45. The Morgan fingerprint density at radius 1 is 1.05 bits per heavy atom. The molecule has 0 radical (unpaired) electrons. The number of hydrogen-bond acceptors (Lipinski definition) is 3. The summed E-state index contributed by atoms with van der Waals surface area (Å²) in [6, 6.07) is 12.5. The van der Waals surface area contributed by atoms with Crippen LogP contribution in [-0.4, -0.2) is 20.1 Å². The maximum absolute atomic E-state index is 12.8. The molecular weight excluding hydrogens is 281 g/mol. The molecule has 0 fully saturated rings. The van der Waals surface area contributed by atoms with Crippen molar-refractivity contribution < 1.29 is 17.9 Å². The second-order valence-electron chi connectivity index (χ2n) is 4.22. The van der Waals surface area contributed by atoms with Crippen LogP contribution in [-0.2, 0) is 10.0 Å². The minimum absolute atomic E-state index is 0.0479. The van der Waals surface area contributed by atoms with Crippen molar-refractivity contribution in [1.82, 2.24) is 4.72 Å². The number of benzene rings is 2. The molecule has 0 heterocycles. The first-order chi connectivity index (χ1) is 9.53. The highest BCUT2D eigenvalue weighted by atomic mass is 32.2. The van der Waals surface area contributed by atoms with Crippen LogP contribution in [0, 0.1) is 5.82 Å². The molecule has 2 aromatic rings. The van der Waals surface area contributed by atoms with Crippen molar-refractivity contribution in [2.45, 2.75) is 10.9 Å². The lowest BCUT2D eigenvalue weighted by Gasteiger charge is -2.16. The molecule has 2 N–H and O–H groups in total. The van der Waals surface area contributed by atoms with Gasteiger partial charge in [0.2, 0.25) is 10.0 Å². The van der Waals surface area contributed by atoms with Crippen LogP contribution in [0.3, 0.4) is 0 Å². The molecule has 0 saturated carbocycles. The molecule has 0 aliphatic heterocycles. The molecular formula is C14H14FNO3S. The van der Waals surface area contributed by atoms with Gasteiger partial charge in [0.25, 0.3) is 0 Å². The summed E-state index contributed by atoms with van der Waals surface area (Å²) in [5.74, 6) is -0.509. The second kappa shape index (κ2) is 6.13. The Bertz CT molecular complexity index is 657. The number of hydrogen-bond donors (Lipinski definition) is 2. The van der Waals surface area contributed by atoms with Gasteiger partial charge in [-0.15, -0.1) is 0 Å². The fourth-order valence-electron chi connectivity index (χ4n) is 1.77. The summed E-state index contributed by atoms with van der Waals surface area (Å²) in [7, 11) is -3.81. The Hall–Kier alpha value is -1.76. The maximum Gasteiger partial charge on any atom is 0.241 e. The molecule has 106 valence electrons. The molecule has 0 aliphatic rings. The molecule has 1 atom stereocenters. The van der Waals surface area contributed by atoms with Crippen LogP contribution in [0.5, 0.6) is 0 Å². The normalized spacial score (nSPS) is 13.1. The third-order valence-electron chi connectivity index (χ3n) is 2.81. The summed E-state index contributed by atoms with van der Waals surface area (Å²) >= 11 is 0. The van der Waals surface area contributed by atoms with Gasteiger partial charge in [-0.25, -0.2) is 17.5 Å². The number of halogens is 1. The van der Waals surface area contributed by atoms with Gasteiger partial charge in [-0.3, -0.25) is 0 Å². The Balaban J connectivity index is 2.24. The summed E-state index contributed by atoms with van der Waals surface area (Å²) < 4.78 is 39.5. The smallest absolute Gasteiger partial charge is 0.241 e. The minimum Gasteiger partial charge on any atom is -0.394 e. The fourth-order valence-corrected chi connectivity index (χ4v) is 2.98. The molecule has 0 unspecified atom stereocenters. The van der Waals surface area contributed by atoms with Crippen LogP contribution in [0.1, 0.15) is 11.6 Å². The van der Waals surface area contributed by atoms with E-state index in [1.165, 1.54) is 12.1 Å². The first-order valence-electron chi connectivity index (χ1n) is 5.96. The Labute approximate surface area is 116 Å².